The summed E-state index contributed by atoms with van der Waals surface area (Å²) in [6.45, 7) is 5.65. The first kappa shape index (κ1) is 15.4. The average molecular weight is 318 g/mol. The number of sulfonamides is 1. The quantitative estimate of drug-likeness (QED) is 0.872. The van der Waals surface area contributed by atoms with Gasteiger partial charge >= 0.3 is 0 Å². The average Bonchev–Trinajstić information content (AvgIpc) is 2.54. The summed E-state index contributed by atoms with van der Waals surface area (Å²) < 4.78 is 27.6. The van der Waals surface area contributed by atoms with Crippen LogP contribution in [0.3, 0.4) is 0 Å². The van der Waals surface area contributed by atoms with Crippen LogP contribution in [-0.2, 0) is 10.0 Å². The minimum Gasteiger partial charge on any atom is -0.256 e. The molecule has 0 spiro atoms. The van der Waals surface area contributed by atoms with Gasteiger partial charge in [0.25, 0.3) is 0 Å². The van der Waals surface area contributed by atoms with E-state index in [1.165, 1.54) is 0 Å². The molecule has 1 aromatic carbocycles. The molecule has 0 saturated carbocycles. The van der Waals surface area contributed by atoms with E-state index in [-0.39, 0.29) is 0 Å². The highest BCUT2D eigenvalue weighted by Gasteiger charge is 2.31. The van der Waals surface area contributed by atoms with Crippen LogP contribution in [-0.4, -0.2) is 30.8 Å². The second kappa shape index (κ2) is 5.97. The van der Waals surface area contributed by atoms with E-state index in [4.69, 9.17) is 0 Å². The van der Waals surface area contributed by atoms with Gasteiger partial charge in [-0.25, -0.2) is 8.42 Å². The maximum absolute atomic E-state index is 13.0. The maximum Gasteiger partial charge on any atom is 0.243 e. The van der Waals surface area contributed by atoms with Gasteiger partial charge in [-0.15, -0.1) is 0 Å². The van der Waals surface area contributed by atoms with Crippen molar-refractivity contribution >= 4 is 20.9 Å². The summed E-state index contributed by atoms with van der Waals surface area (Å²) in [5.74, 6) is 1.24. The Hall–Kier alpha value is -1.46. The van der Waals surface area contributed by atoms with E-state index in [0.29, 0.717) is 35.2 Å². The van der Waals surface area contributed by atoms with Crippen LogP contribution in [0.2, 0.25) is 0 Å². The van der Waals surface area contributed by atoms with Gasteiger partial charge in [-0.05, 0) is 48.9 Å². The lowest BCUT2D eigenvalue weighted by Crippen LogP contribution is -2.39. The molecule has 1 aliphatic rings. The van der Waals surface area contributed by atoms with Crippen molar-refractivity contribution in [1.29, 1.82) is 0 Å². The monoisotopic (exact) mass is 318 g/mol. The molecule has 0 atom stereocenters. The summed E-state index contributed by atoms with van der Waals surface area (Å²) in [4.78, 5) is 4.63. The minimum absolute atomic E-state index is 0.376. The third kappa shape index (κ3) is 2.75. The summed E-state index contributed by atoms with van der Waals surface area (Å²) in [6.07, 6.45) is 3.58. The van der Waals surface area contributed by atoms with Gasteiger partial charge in [-0.3, -0.25) is 4.98 Å². The lowest BCUT2D eigenvalue weighted by Gasteiger charge is -2.33. The Labute approximate surface area is 132 Å². The lowest BCUT2D eigenvalue weighted by molar-refractivity contribution is 0.226. The summed E-state index contributed by atoms with van der Waals surface area (Å²) in [5.41, 5.74) is 0.723. The normalized spacial score (nSPS) is 18.1. The van der Waals surface area contributed by atoms with Crippen LogP contribution in [0, 0.1) is 11.8 Å². The van der Waals surface area contributed by atoms with Gasteiger partial charge < -0.3 is 0 Å². The predicted octanol–water partition coefficient (Wildman–Crippen LogP) is 3.29. The molecule has 1 fully saturated rings. The Bertz CT molecular complexity index is 758. The van der Waals surface area contributed by atoms with Crippen LogP contribution in [0.5, 0.6) is 0 Å². The van der Waals surface area contributed by atoms with E-state index in [1.54, 1.807) is 28.7 Å². The van der Waals surface area contributed by atoms with E-state index in [9.17, 15) is 8.42 Å². The zero-order valence-corrected chi connectivity index (χ0v) is 13.9. The first-order chi connectivity index (χ1) is 10.5. The molecule has 0 bridgehead atoms. The molecule has 5 heteroatoms. The molecule has 0 radical (unpaired) electrons. The fourth-order valence-electron chi connectivity index (χ4n) is 3.22. The number of rotatable bonds is 3. The molecule has 22 heavy (non-hydrogen) atoms. The number of hydrogen-bond acceptors (Lipinski definition) is 3. The summed E-state index contributed by atoms with van der Waals surface area (Å²) in [6, 6.07) is 8.92. The summed E-state index contributed by atoms with van der Waals surface area (Å²) >= 11 is 0. The lowest BCUT2D eigenvalue weighted by atomic mass is 9.87. The van der Waals surface area contributed by atoms with Crippen molar-refractivity contribution < 1.29 is 8.42 Å². The molecule has 1 saturated heterocycles. The topological polar surface area (TPSA) is 50.3 Å². The Balaban J connectivity index is 1.93. The molecule has 2 aromatic rings. The summed E-state index contributed by atoms with van der Waals surface area (Å²) in [7, 11) is -3.44. The Morgan fingerprint density at radius 2 is 1.86 bits per heavy atom. The molecule has 0 unspecified atom stereocenters. The van der Waals surface area contributed by atoms with Gasteiger partial charge in [0.2, 0.25) is 10.0 Å². The van der Waals surface area contributed by atoms with Crippen molar-refractivity contribution in [3.05, 3.63) is 36.5 Å². The van der Waals surface area contributed by atoms with Crippen LogP contribution in [0.15, 0.2) is 41.4 Å². The van der Waals surface area contributed by atoms with Gasteiger partial charge in [0.1, 0.15) is 0 Å². The highest BCUT2D eigenvalue weighted by molar-refractivity contribution is 7.89. The zero-order chi connectivity index (χ0) is 15.7. The largest absolute Gasteiger partial charge is 0.256 e. The van der Waals surface area contributed by atoms with Crippen molar-refractivity contribution in [2.75, 3.05) is 13.1 Å². The second-order valence-electron chi connectivity index (χ2n) is 6.31. The molecule has 0 aliphatic carbocycles. The van der Waals surface area contributed by atoms with Gasteiger partial charge in [0.05, 0.1) is 10.4 Å². The fraction of sp³-hybridized carbons (Fsp3) is 0.471. The molecule has 0 N–H and O–H groups in total. The fourth-order valence-corrected chi connectivity index (χ4v) is 4.89. The zero-order valence-electron chi connectivity index (χ0n) is 13.1. The van der Waals surface area contributed by atoms with Crippen molar-refractivity contribution in [2.24, 2.45) is 11.8 Å². The second-order valence-corrected chi connectivity index (χ2v) is 8.22. The van der Waals surface area contributed by atoms with Crippen molar-refractivity contribution in [2.45, 2.75) is 31.6 Å². The van der Waals surface area contributed by atoms with Gasteiger partial charge in [0, 0.05) is 24.7 Å². The Kier molecular flexibility index (Phi) is 4.19. The molecule has 1 aliphatic heterocycles. The van der Waals surface area contributed by atoms with Crippen molar-refractivity contribution in [3.63, 3.8) is 0 Å². The third-order valence-electron chi connectivity index (χ3n) is 4.66. The Morgan fingerprint density at radius 1 is 1.14 bits per heavy atom. The number of hydrogen-bond donors (Lipinski definition) is 0. The van der Waals surface area contributed by atoms with E-state index in [0.717, 1.165) is 18.4 Å². The number of pyridine rings is 1. The minimum atomic E-state index is -3.44. The number of piperidine rings is 1. The third-order valence-corrected chi connectivity index (χ3v) is 6.62. The molecule has 118 valence electrons. The number of fused-ring (bicyclic) bond motifs is 1. The van der Waals surface area contributed by atoms with Crippen molar-refractivity contribution in [3.8, 4) is 0 Å². The van der Waals surface area contributed by atoms with E-state index in [1.807, 2.05) is 12.1 Å². The molecule has 1 aromatic heterocycles. The van der Waals surface area contributed by atoms with E-state index >= 15 is 0 Å². The first-order valence-corrected chi connectivity index (χ1v) is 9.28. The van der Waals surface area contributed by atoms with Crippen LogP contribution in [0.25, 0.3) is 10.9 Å². The van der Waals surface area contributed by atoms with Crippen LogP contribution >= 0.6 is 0 Å². The van der Waals surface area contributed by atoms with Gasteiger partial charge in [-0.1, -0.05) is 19.9 Å². The van der Waals surface area contributed by atoms with Crippen LogP contribution in [0.1, 0.15) is 26.7 Å². The number of aromatic nitrogens is 1. The standard InChI is InChI=1S/C17H22N2O2S/c1-13(2)14-8-11-19(12-9-14)22(20,21)17-7-3-6-16-15(17)5-4-10-18-16/h3-7,10,13-14H,8-9,11-12H2,1-2H3. The Morgan fingerprint density at radius 3 is 2.55 bits per heavy atom. The number of benzene rings is 1. The highest BCUT2D eigenvalue weighted by Crippen LogP contribution is 2.30. The molecule has 3 rings (SSSR count). The number of nitrogens with zero attached hydrogens (tertiary/aromatic N) is 2. The van der Waals surface area contributed by atoms with E-state index < -0.39 is 10.0 Å². The SMILES string of the molecule is CC(C)C1CCN(S(=O)(=O)c2cccc3ncccc23)CC1. The smallest absolute Gasteiger partial charge is 0.243 e. The van der Waals surface area contributed by atoms with Crippen LogP contribution < -0.4 is 0 Å². The molecule has 4 nitrogen and oxygen atoms in total. The maximum atomic E-state index is 13.0. The van der Waals surface area contributed by atoms with Gasteiger partial charge in [0.15, 0.2) is 0 Å². The summed E-state index contributed by atoms with van der Waals surface area (Å²) in [5, 5.41) is 0.705. The molecule has 0 amide bonds. The van der Waals surface area contributed by atoms with Crippen LogP contribution in [0.4, 0.5) is 0 Å². The highest BCUT2D eigenvalue weighted by atomic mass is 32.2. The molecule has 2 heterocycles. The van der Waals surface area contributed by atoms with Gasteiger partial charge in [-0.2, -0.15) is 4.31 Å². The molecular formula is C17H22N2O2S. The van der Waals surface area contributed by atoms with Crippen molar-refractivity contribution in [1.82, 2.24) is 9.29 Å². The first-order valence-electron chi connectivity index (χ1n) is 7.84. The molecular weight excluding hydrogens is 296 g/mol. The predicted molar refractivity (Wildman–Crippen MR) is 88.1 cm³/mol. The van der Waals surface area contributed by atoms with E-state index in [2.05, 4.69) is 18.8 Å².